The molecule has 0 aliphatic rings. The van der Waals surface area contributed by atoms with E-state index in [1.165, 1.54) is 6.07 Å². The minimum Gasteiger partial charge on any atom is -0.347 e. The van der Waals surface area contributed by atoms with Gasteiger partial charge in [-0.3, -0.25) is 0 Å². The summed E-state index contributed by atoms with van der Waals surface area (Å²) in [4.78, 5) is 13.6. The Morgan fingerprint density at radius 2 is 2.00 bits per heavy atom. The molecule has 5 nitrogen and oxygen atoms in total. The van der Waals surface area contributed by atoms with Crippen LogP contribution in [-0.2, 0) is 0 Å². The van der Waals surface area contributed by atoms with Crippen molar-refractivity contribution in [2.45, 2.75) is 0 Å². The smallest absolute Gasteiger partial charge is 0.233 e. The highest BCUT2D eigenvalue weighted by molar-refractivity contribution is 9.10. The standard InChI is InChI=1S/C11H10BrClFN5/c1-19(2)11-17-9(13)16-10(18-11)15-8-5-6(12)3-4-7(8)14/h3-5H,1-2H3,(H,15,16,17,18). The topological polar surface area (TPSA) is 53.9 Å². The summed E-state index contributed by atoms with van der Waals surface area (Å²) in [5.41, 5.74) is 0.251. The molecule has 2 aromatic rings. The Hall–Kier alpha value is -1.47. The zero-order valence-electron chi connectivity index (χ0n) is 10.2. The van der Waals surface area contributed by atoms with Crippen LogP contribution in [0.25, 0.3) is 0 Å². The first kappa shape index (κ1) is 14.0. The molecule has 19 heavy (non-hydrogen) atoms. The van der Waals surface area contributed by atoms with Crippen LogP contribution in [0.3, 0.4) is 0 Å². The van der Waals surface area contributed by atoms with E-state index in [4.69, 9.17) is 11.6 Å². The summed E-state index contributed by atoms with van der Waals surface area (Å²) in [5.74, 6) is 0.157. The molecule has 1 N–H and O–H groups in total. The molecule has 0 atom stereocenters. The van der Waals surface area contributed by atoms with Gasteiger partial charge in [0.25, 0.3) is 0 Å². The third-order valence-corrected chi connectivity index (χ3v) is 2.83. The Kier molecular flexibility index (Phi) is 4.16. The van der Waals surface area contributed by atoms with Crippen LogP contribution in [0.1, 0.15) is 0 Å². The highest BCUT2D eigenvalue weighted by Gasteiger charge is 2.09. The summed E-state index contributed by atoms with van der Waals surface area (Å²) in [7, 11) is 3.55. The van der Waals surface area contributed by atoms with Gasteiger partial charge < -0.3 is 10.2 Å². The van der Waals surface area contributed by atoms with Crippen molar-refractivity contribution in [1.29, 1.82) is 0 Å². The molecule has 100 valence electrons. The van der Waals surface area contributed by atoms with Gasteiger partial charge in [0.05, 0.1) is 5.69 Å². The van der Waals surface area contributed by atoms with Gasteiger partial charge in [0.1, 0.15) is 5.82 Å². The van der Waals surface area contributed by atoms with Gasteiger partial charge >= 0.3 is 0 Å². The van der Waals surface area contributed by atoms with E-state index in [1.807, 2.05) is 0 Å². The molecule has 1 aromatic carbocycles. The Balaban J connectivity index is 2.35. The average molecular weight is 347 g/mol. The predicted octanol–water partition coefficient (Wildman–Crippen LogP) is 3.24. The van der Waals surface area contributed by atoms with Gasteiger partial charge in [-0.05, 0) is 29.8 Å². The average Bonchev–Trinajstić information content (AvgIpc) is 2.33. The van der Waals surface area contributed by atoms with E-state index < -0.39 is 5.82 Å². The van der Waals surface area contributed by atoms with E-state index in [0.29, 0.717) is 5.95 Å². The number of rotatable bonds is 3. The number of halogens is 3. The van der Waals surface area contributed by atoms with Crippen molar-refractivity contribution in [3.63, 3.8) is 0 Å². The fraction of sp³-hybridized carbons (Fsp3) is 0.182. The summed E-state index contributed by atoms with van der Waals surface area (Å²) in [6.45, 7) is 0. The first-order valence-electron chi connectivity index (χ1n) is 5.26. The summed E-state index contributed by atoms with van der Waals surface area (Å²) in [5, 5.41) is 2.81. The number of aromatic nitrogens is 3. The number of benzene rings is 1. The van der Waals surface area contributed by atoms with Crippen LogP contribution in [0, 0.1) is 5.82 Å². The lowest BCUT2D eigenvalue weighted by Gasteiger charge is -2.12. The number of hydrogen-bond donors (Lipinski definition) is 1. The second-order valence-electron chi connectivity index (χ2n) is 3.87. The van der Waals surface area contributed by atoms with Gasteiger partial charge in [0.15, 0.2) is 0 Å². The SMILES string of the molecule is CN(C)c1nc(Cl)nc(Nc2cc(Br)ccc2F)n1. The van der Waals surface area contributed by atoms with E-state index in [2.05, 4.69) is 36.2 Å². The molecule has 0 aliphatic carbocycles. The molecule has 8 heteroatoms. The van der Waals surface area contributed by atoms with Gasteiger partial charge in [-0.1, -0.05) is 15.9 Å². The zero-order chi connectivity index (χ0) is 14.0. The van der Waals surface area contributed by atoms with Crippen molar-refractivity contribution in [2.24, 2.45) is 0 Å². The van der Waals surface area contributed by atoms with Gasteiger partial charge in [-0.15, -0.1) is 0 Å². The maximum atomic E-state index is 13.6. The molecule has 0 bridgehead atoms. The first-order chi connectivity index (χ1) is 8.95. The zero-order valence-corrected chi connectivity index (χ0v) is 12.5. The Bertz CT molecular complexity index is 608. The van der Waals surface area contributed by atoms with E-state index in [0.717, 1.165) is 4.47 Å². The number of nitrogens with one attached hydrogen (secondary N) is 1. The lowest BCUT2D eigenvalue weighted by molar-refractivity contribution is 0.631. The Morgan fingerprint density at radius 1 is 1.26 bits per heavy atom. The molecule has 1 aromatic heterocycles. The van der Waals surface area contributed by atoms with Crippen molar-refractivity contribution in [3.05, 3.63) is 33.8 Å². The third-order valence-electron chi connectivity index (χ3n) is 2.17. The number of nitrogens with zero attached hydrogens (tertiary/aromatic N) is 4. The maximum Gasteiger partial charge on any atom is 0.233 e. The molecule has 1 heterocycles. The third kappa shape index (κ3) is 3.51. The molecule has 0 unspecified atom stereocenters. The number of anilines is 3. The van der Waals surface area contributed by atoms with Gasteiger partial charge in [-0.2, -0.15) is 15.0 Å². The van der Waals surface area contributed by atoms with Crippen molar-refractivity contribution in [1.82, 2.24) is 15.0 Å². The van der Waals surface area contributed by atoms with Gasteiger partial charge in [-0.25, -0.2) is 4.39 Å². The molecule has 0 aliphatic heterocycles. The molecular weight excluding hydrogens is 337 g/mol. The van der Waals surface area contributed by atoms with Crippen LogP contribution in [0.2, 0.25) is 5.28 Å². The van der Waals surface area contributed by atoms with Crippen LogP contribution in [0.4, 0.5) is 22.0 Å². The maximum absolute atomic E-state index is 13.6. The van der Waals surface area contributed by atoms with Crippen molar-refractivity contribution in [3.8, 4) is 0 Å². The molecule has 0 saturated heterocycles. The second kappa shape index (κ2) is 5.66. The summed E-state index contributed by atoms with van der Waals surface area (Å²) in [6.07, 6.45) is 0. The molecule has 0 fully saturated rings. The predicted molar refractivity (Wildman–Crippen MR) is 76.5 cm³/mol. The quantitative estimate of drug-likeness (QED) is 0.924. The molecular formula is C11H10BrClFN5. The lowest BCUT2D eigenvalue weighted by Crippen LogP contribution is -2.14. The van der Waals surface area contributed by atoms with Crippen molar-refractivity contribution in [2.75, 3.05) is 24.3 Å². The van der Waals surface area contributed by atoms with Crippen LogP contribution < -0.4 is 10.2 Å². The van der Waals surface area contributed by atoms with E-state index in [-0.39, 0.29) is 16.9 Å². The van der Waals surface area contributed by atoms with Gasteiger partial charge in [0.2, 0.25) is 17.2 Å². The largest absolute Gasteiger partial charge is 0.347 e. The minimum absolute atomic E-state index is 0.0385. The first-order valence-corrected chi connectivity index (χ1v) is 6.44. The highest BCUT2D eigenvalue weighted by Crippen LogP contribution is 2.23. The normalized spacial score (nSPS) is 10.4. The fourth-order valence-corrected chi connectivity index (χ4v) is 1.83. The van der Waals surface area contributed by atoms with Crippen LogP contribution >= 0.6 is 27.5 Å². The highest BCUT2D eigenvalue weighted by atomic mass is 79.9. The lowest BCUT2D eigenvalue weighted by atomic mass is 10.3. The molecule has 0 amide bonds. The molecule has 0 saturated carbocycles. The van der Waals surface area contributed by atoms with Crippen LogP contribution in [-0.4, -0.2) is 29.0 Å². The molecule has 0 radical (unpaired) electrons. The number of hydrogen-bond acceptors (Lipinski definition) is 5. The fourth-order valence-electron chi connectivity index (χ4n) is 1.31. The Labute approximate surface area is 123 Å². The summed E-state index contributed by atoms with van der Waals surface area (Å²) < 4.78 is 14.4. The molecule has 2 rings (SSSR count). The summed E-state index contributed by atoms with van der Waals surface area (Å²) >= 11 is 9.07. The van der Waals surface area contributed by atoms with Crippen molar-refractivity contribution < 1.29 is 4.39 Å². The van der Waals surface area contributed by atoms with Crippen LogP contribution in [0.15, 0.2) is 22.7 Å². The van der Waals surface area contributed by atoms with Crippen molar-refractivity contribution >= 4 is 45.1 Å². The molecule has 0 spiro atoms. The van der Waals surface area contributed by atoms with E-state index in [9.17, 15) is 4.39 Å². The van der Waals surface area contributed by atoms with Gasteiger partial charge in [0, 0.05) is 18.6 Å². The van der Waals surface area contributed by atoms with E-state index >= 15 is 0 Å². The minimum atomic E-state index is -0.411. The second-order valence-corrected chi connectivity index (χ2v) is 5.13. The Morgan fingerprint density at radius 3 is 2.68 bits per heavy atom. The van der Waals surface area contributed by atoms with Crippen LogP contribution in [0.5, 0.6) is 0 Å². The summed E-state index contributed by atoms with van der Waals surface area (Å²) in [6, 6.07) is 4.52. The monoisotopic (exact) mass is 345 g/mol. The van der Waals surface area contributed by atoms with E-state index in [1.54, 1.807) is 31.1 Å².